The van der Waals surface area contributed by atoms with Crippen LogP contribution < -0.4 is 4.74 Å². The molecule has 1 unspecified atom stereocenters. The van der Waals surface area contributed by atoms with Gasteiger partial charge in [0.15, 0.2) is 0 Å². The van der Waals surface area contributed by atoms with Crippen molar-refractivity contribution in [2.45, 2.75) is 6.04 Å². The first-order valence-electron chi connectivity index (χ1n) is 3.68. The molecule has 60 valence electrons. The van der Waals surface area contributed by atoms with Gasteiger partial charge in [0, 0.05) is 10.5 Å². The summed E-state index contributed by atoms with van der Waals surface area (Å²) in [6.45, 7) is 0.462. The van der Waals surface area contributed by atoms with E-state index in [1.54, 1.807) is 0 Å². The van der Waals surface area contributed by atoms with Gasteiger partial charge in [0.1, 0.15) is 18.4 Å². The van der Waals surface area contributed by atoms with Crippen molar-refractivity contribution >= 4 is 0 Å². The summed E-state index contributed by atoms with van der Waals surface area (Å²) in [4.78, 5) is 2.76. The SMILES string of the molecule is [N-]=[N+]=NC1COc2ccccc21. The third kappa shape index (κ3) is 0.984. The van der Waals surface area contributed by atoms with Crippen LogP contribution in [0.3, 0.4) is 0 Å². The van der Waals surface area contributed by atoms with Crippen molar-refractivity contribution in [3.63, 3.8) is 0 Å². The lowest BCUT2D eigenvalue weighted by molar-refractivity contribution is 0.333. The number of ether oxygens (including phenoxy) is 1. The fraction of sp³-hybridized carbons (Fsp3) is 0.250. The molecule has 0 saturated heterocycles. The molecule has 1 atom stereocenters. The lowest BCUT2D eigenvalue weighted by Gasteiger charge is -1.96. The highest BCUT2D eigenvalue weighted by Gasteiger charge is 2.21. The molecule has 1 aliphatic rings. The molecule has 0 amide bonds. The minimum Gasteiger partial charge on any atom is -0.493 e. The third-order valence-corrected chi connectivity index (χ3v) is 1.87. The Kier molecular flexibility index (Phi) is 1.61. The van der Waals surface area contributed by atoms with Crippen LogP contribution >= 0.6 is 0 Å². The first-order valence-corrected chi connectivity index (χ1v) is 3.68. The summed E-state index contributed by atoms with van der Waals surface area (Å²) in [7, 11) is 0. The summed E-state index contributed by atoms with van der Waals surface area (Å²) in [5.41, 5.74) is 9.24. The highest BCUT2D eigenvalue weighted by Crippen LogP contribution is 2.33. The minimum absolute atomic E-state index is 0.147. The summed E-state index contributed by atoms with van der Waals surface area (Å²) in [5.74, 6) is 0.829. The Hall–Kier alpha value is -1.67. The lowest BCUT2D eigenvalue weighted by Crippen LogP contribution is -1.94. The summed E-state index contributed by atoms with van der Waals surface area (Å²) in [6.07, 6.45) is 0. The number of hydrogen-bond donors (Lipinski definition) is 0. The average Bonchev–Trinajstić information content (AvgIpc) is 2.50. The zero-order chi connectivity index (χ0) is 8.39. The Morgan fingerprint density at radius 1 is 1.50 bits per heavy atom. The summed E-state index contributed by atoms with van der Waals surface area (Å²) in [6, 6.07) is 7.46. The van der Waals surface area contributed by atoms with Gasteiger partial charge in [0.2, 0.25) is 0 Å². The number of azide groups is 1. The molecular weight excluding hydrogens is 154 g/mol. The van der Waals surface area contributed by atoms with Crippen molar-refractivity contribution in [1.29, 1.82) is 0 Å². The van der Waals surface area contributed by atoms with Crippen molar-refractivity contribution in [1.82, 2.24) is 0 Å². The van der Waals surface area contributed by atoms with Crippen molar-refractivity contribution in [2.24, 2.45) is 5.11 Å². The zero-order valence-electron chi connectivity index (χ0n) is 6.34. The van der Waals surface area contributed by atoms with Gasteiger partial charge in [-0.2, -0.15) is 0 Å². The molecule has 1 heterocycles. The van der Waals surface area contributed by atoms with Crippen LogP contribution in [0.15, 0.2) is 29.4 Å². The van der Waals surface area contributed by atoms with Gasteiger partial charge in [-0.1, -0.05) is 23.3 Å². The summed E-state index contributed by atoms with van der Waals surface area (Å²) in [5, 5.41) is 3.62. The van der Waals surface area contributed by atoms with Gasteiger partial charge in [0.25, 0.3) is 0 Å². The van der Waals surface area contributed by atoms with E-state index >= 15 is 0 Å². The van der Waals surface area contributed by atoms with Gasteiger partial charge in [0.05, 0.1) is 0 Å². The fourth-order valence-electron chi connectivity index (χ4n) is 1.30. The van der Waals surface area contributed by atoms with E-state index in [1.807, 2.05) is 24.3 Å². The highest BCUT2D eigenvalue weighted by atomic mass is 16.5. The average molecular weight is 161 g/mol. The van der Waals surface area contributed by atoms with Crippen molar-refractivity contribution in [2.75, 3.05) is 6.61 Å². The number of hydrogen-bond acceptors (Lipinski definition) is 2. The number of nitrogens with zero attached hydrogens (tertiary/aromatic N) is 3. The second-order valence-corrected chi connectivity index (χ2v) is 2.57. The highest BCUT2D eigenvalue weighted by molar-refractivity contribution is 5.39. The number of fused-ring (bicyclic) bond motifs is 1. The van der Waals surface area contributed by atoms with E-state index in [-0.39, 0.29) is 6.04 Å². The Labute approximate surface area is 69.4 Å². The van der Waals surface area contributed by atoms with E-state index < -0.39 is 0 Å². The van der Waals surface area contributed by atoms with E-state index in [0.29, 0.717) is 6.61 Å². The van der Waals surface area contributed by atoms with E-state index in [0.717, 1.165) is 11.3 Å². The van der Waals surface area contributed by atoms with Gasteiger partial charge in [-0.25, -0.2) is 0 Å². The van der Waals surface area contributed by atoms with E-state index in [9.17, 15) is 0 Å². The largest absolute Gasteiger partial charge is 0.493 e. The lowest BCUT2D eigenvalue weighted by atomic mass is 10.1. The first kappa shape index (κ1) is 7.00. The maximum Gasteiger partial charge on any atom is 0.123 e. The molecule has 0 fully saturated rings. The number of benzene rings is 1. The second kappa shape index (κ2) is 2.75. The quantitative estimate of drug-likeness (QED) is 0.354. The summed E-state index contributed by atoms with van der Waals surface area (Å²) >= 11 is 0. The van der Waals surface area contributed by atoms with Crippen LogP contribution in [0.4, 0.5) is 0 Å². The Bertz CT molecular complexity index is 344. The van der Waals surface area contributed by atoms with Crippen molar-refractivity contribution < 1.29 is 4.74 Å². The molecule has 1 aromatic carbocycles. The minimum atomic E-state index is -0.147. The predicted octanol–water partition coefficient (Wildman–Crippen LogP) is 2.43. The first-order chi connectivity index (χ1) is 5.92. The van der Waals surface area contributed by atoms with Gasteiger partial charge >= 0.3 is 0 Å². The van der Waals surface area contributed by atoms with Crippen molar-refractivity contribution in [3.8, 4) is 5.75 Å². The molecule has 0 spiro atoms. The smallest absolute Gasteiger partial charge is 0.123 e. The molecule has 0 bridgehead atoms. The van der Waals surface area contributed by atoms with Gasteiger partial charge in [-0.3, -0.25) is 0 Å². The molecule has 4 nitrogen and oxygen atoms in total. The van der Waals surface area contributed by atoms with Gasteiger partial charge < -0.3 is 4.74 Å². The van der Waals surface area contributed by atoms with Crippen LogP contribution in [0, 0.1) is 0 Å². The molecular formula is C8H7N3O. The molecule has 0 aromatic heterocycles. The van der Waals surface area contributed by atoms with Gasteiger partial charge in [-0.15, -0.1) is 0 Å². The Morgan fingerprint density at radius 2 is 2.33 bits per heavy atom. The van der Waals surface area contributed by atoms with E-state index in [4.69, 9.17) is 10.3 Å². The molecule has 0 saturated carbocycles. The Balaban J connectivity index is 2.42. The molecule has 12 heavy (non-hydrogen) atoms. The maximum atomic E-state index is 8.26. The summed E-state index contributed by atoms with van der Waals surface area (Å²) < 4.78 is 5.30. The monoisotopic (exact) mass is 161 g/mol. The van der Waals surface area contributed by atoms with Crippen LogP contribution in [-0.2, 0) is 0 Å². The number of para-hydroxylation sites is 1. The normalized spacial score (nSPS) is 19.2. The maximum absolute atomic E-state index is 8.26. The molecule has 0 radical (unpaired) electrons. The predicted molar refractivity (Wildman–Crippen MR) is 43.8 cm³/mol. The van der Waals surface area contributed by atoms with Gasteiger partial charge in [-0.05, 0) is 11.6 Å². The Morgan fingerprint density at radius 3 is 3.17 bits per heavy atom. The number of rotatable bonds is 1. The van der Waals surface area contributed by atoms with Crippen LogP contribution in [-0.4, -0.2) is 6.61 Å². The van der Waals surface area contributed by atoms with Crippen LogP contribution in [0.25, 0.3) is 10.4 Å². The molecule has 4 heteroatoms. The van der Waals surface area contributed by atoms with Crippen LogP contribution in [0.2, 0.25) is 0 Å². The van der Waals surface area contributed by atoms with Crippen molar-refractivity contribution in [3.05, 3.63) is 40.3 Å². The molecule has 1 aromatic rings. The molecule has 0 N–H and O–H groups in total. The molecule has 1 aliphatic heterocycles. The molecule has 0 aliphatic carbocycles. The molecule has 2 rings (SSSR count). The topological polar surface area (TPSA) is 58.0 Å². The van der Waals surface area contributed by atoms with E-state index in [2.05, 4.69) is 10.0 Å². The van der Waals surface area contributed by atoms with Crippen LogP contribution in [0.1, 0.15) is 11.6 Å². The van der Waals surface area contributed by atoms with Crippen LogP contribution in [0.5, 0.6) is 5.75 Å². The second-order valence-electron chi connectivity index (χ2n) is 2.57. The standard InChI is InChI=1S/C8H7N3O/c9-11-10-7-5-12-8-4-2-1-3-6(7)8/h1-4,7H,5H2. The van der Waals surface area contributed by atoms with E-state index in [1.165, 1.54) is 0 Å². The zero-order valence-corrected chi connectivity index (χ0v) is 6.34. The fourth-order valence-corrected chi connectivity index (χ4v) is 1.30. The third-order valence-electron chi connectivity index (χ3n) is 1.87.